The van der Waals surface area contributed by atoms with Crippen molar-refractivity contribution in [2.24, 2.45) is 5.73 Å². The predicted octanol–water partition coefficient (Wildman–Crippen LogP) is 2.06. The van der Waals surface area contributed by atoms with Gasteiger partial charge in [0.25, 0.3) is 0 Å². The lowest BCUT2D eigenvalue weighted by Gasteiger charge is -2.24. The minimum Gasteiger partial charge on any atom is -0.326 e. The summed E-state index contributed by atoms with van der Waals surface area (Å²) in [5, 5.41) is 0. The second-order valence-corrected chi connectivity index (χ2v) is 4.99. The molecular formula is C13H17FN2. The summed E-state index contributed by atoms with van der Waals surface area (Å²) in [5.41, 5.74) is 7.24. The van der Waals surface area contributed by atoms with E-state index in [1.165, 1.54) is 18.4 Å². The third kappa shape index (κ3) is 1.85. The first-order valence-corrected chi connectivity index (χ1v) is 6.01. The molecule has 1 saturated carbocycles. The van der Waals surface area contributed by atoms with E-state index in [0.29, 0.717) is 6.04 Å². The van der Waals surface area contributed by atoms with Crippen molar-refractivity contribution in [3.63, 3.8) is 0 Å². The molecule has 2 nitrogen and oxygen atoms in total. The minimum absolute atomic E-state index is 0.163. The first-order chi connectivity index (χ1) is 7.74. The Morgan fingerprint density at radius 2 is 1.88 bits per heavy atom. The molecule has 3 rings (SSSR count). The van der Waals surface area contributed by atoms with Crippen molar-refractivity contribution in [2.75, 3.05) is 6.54 Å². The van der Waals surface area contributed by atoms with Gasteiger partial charge in [-0.3, -0.25) is 4.90 Å². The van der Waals surface area contributed by atoms with E-state index in [-0.39, 0.29) is 11.9 Å². The molecule has 0 amide bonds. The second kappa shape index (κ2) is 3.82. The number of halogens is 1. The topological polar surface area (TPSA) is 29.3 Å². The molecule has 1 heterocycles. The Labute approximate surface area is 95.2 Å². The van der Waals surface area contributed by atoms with Crippen LogP contribution < -0.4 is 5.73 Å². The number of likely N-dealkylation sites (tertiary alicyclic amines) is 1. The fraction of sp³-hybridized carbons (Fsp3) is 0.538. The van der Waals surface area contributed by atoms with Gasteiger partial charge in [0.05, 0.1) is 0 Å². The van der Waals surface area contributed by atoms with Crippen molar-refractivity contribution in [1.29, 1.82) is 0 Å². The maximum absolute atomic E-state index is 12.9. The van der Waals surface area contributed by atoms with Gasteiger partial charge in [-0.2, -0.15) is 0 Å². The van der Waals surface area contributed by atoms with E-state index in [4.69, 9.17) is 5.73 Å². The van der Waals surface area contributed by atoms with E-state index in [1.807, 2.05) is 12.1 Å². The van der Waals surface area contributed by atoms with Crippen molar-refractivity contribution >= 4 is 0 Å². The molecule has 0 aromatic heterocycles. The molecule has 86 valence electrons. The molecule has 0 bridgehead atoms. The first-order valence-electron chi connectivity index (χ1n) is 6.01. The van der Waals surface area contributed by atoms with E-state index >= 15 is 0 Å². The second-order valence-electron chi connectivity index (χ2n) is 4.99. The van der Waals surface area contributed by atoms with Crippen LogP contribution in [0.25, 0.3) is 0 Å². The van der Waals surface area contributed by atoms with Gasteiger partial charge < -0.3 is 5.73 Å². The standard InChI is InChI=1S/C13H17FN2/c14-10-3-1-9(2-4-10)13-7-11(15)8-16(13)12-5-6-12/h1-4,11-13H,5-8,15H2. The Morgan fingerprint density at radius 1 is 1.19 bits per heavy atom. The maximum Gasteiger partial charge on any atom is 0.123 e. The van der Waals surface area contributed by atoms with E-state index in [1.54, 1.807) is 12.1 Å². The van der Waals surface area contributed by atoms with Crippen molar-refractivity contribution in [3.05, 3.63) is 35.6 Å². The molecule has 2 N–H and O–H groups in total. The van der Waals surface area contributed by atoms with Crippen LogP contribution in [0.1, 0.15) is 30.9 Å². The zero-order chi connectivity index (χ0) is 11.1. The highest BCUT2D eigenvalue weighted by Gasteiger charge is 2.40. The molecule has 2 aliphatic rings. The molecule has 2 fully saturated rings. The quantitative estimate of drug-likeness (QED) is 0.826. The van der Waals surface area contributed by atoms with Gasteiger partial charge in [-0.25, -0.2) is 4.39 Å². The molecule has 2 unspecified atom stereocenters. The molecule has 1 saturated heterocycles. The van der Waals surface area contributed by atoms with Crippen molar-refractivity contribution < 1.29 is 4.39 Å². The third-order valence-corrected chi connectivity index (χ3v) is 3.64. The molecule has 2 atom stereocenters. The molecule has 16 heavy (non-hydrogen) atoms. The number of benzene rings is 1. The summed E-state index contributed by atoms with van der Waals surface area (Å²) in [6, 6.07) is 8.29. The van der Waals surface area contributed by atoms with Crippen LogP contribution >= 0.6 is 0 Å². The molecule has 1 aliphatic carbocycles. The van der Waals surface area contributed by atoms with Crippen LogP contribution in [0, 0.1) is 5.82 Å². The predicted molar refractivity (Wildman–Crippen MR) is 61.5 cm³/mol. The van der Waals surface area contributed by atoms with Gasteiger partial charge in [-0.05, 0) is 37.0 Å². The minimum atomic E-state index is -0.163. The lowest BCUT2D eigenvalue weighted by atomic mass is 10.0. The zero-order valence-corrected chi connectivity index (χ0v) is 9.27. The fourth-order valence-electron chi connectivity index (χ4n) is 2.72. The molecule has 1 aromatic rings. The van der Waals surface area contributed by atoms with Crippen LogP contribution in [0.15, 0.2) is 24.3 Å². The summed E-state index contributed by atoms with van der Waals surface area (Å²) in [5.74, 6) is -0.163. The van der Waals surface area contributed by atoms with Gasteiger partial charge in [0.1, 0.15) is 5.82 Å². The van der Waals surface area contributed by atoms with Gasteiger partial charge >= 0.3 is 0 Å². The van der Waals surface area contributed by atoms with Gasteiger partial charge in [-0.1, -0.05) is 12.1 Å². The van der Waals surface area contributed by atoms with Crippen molar-refractivity contribution in [1.82, 2.24) is 4.90 Å². The number of nitrogens with zero attached hydrogens (tertiary/aromatic N) is 1. The van der Waals surface area contributed by atoms with Crippen LogP contribution in [-0.4, -0.2) is 23.5 Å². The molecule has 0 radical (unpaired) electrons. The van der Waals surface area contributed by atoms with Gasteiger partial charge in [-0.15, -0.1) is 0 Å². The number of hydrogen-bond donors (Lipinski definition) is 1. The normalized spacial score (nSPS) is 30.9. The highest BCUT2D eigenvalue weighted by Crippen LogP contribution is 2.40. The lowest BCUT2D eigenvalue weighted by Crippen LogP contribution is -2.29. The smallest absolute Gasteiger partial charge is 0.123 e. The van der Waals surface area contributed by atoms with Gasteiger partial charge in [0, 0.05) is 24.7 Å². The average Bonchev–Trinajstić information content (AvgIpc) is 3.04. The monoisotopic (exact) mass is 220 g/mol. The van der Waals surface area contributed by atoms with Crippen LogP contribution in [0.2, 0.25) is 0 Å². The van der Waals surface area contributed by atoms with E-state index in [2.05, 4.69) is 4.90 Å². The number of nitrogens with two attached hydrogens (primary N) is 1. The van der Waals surface area contributed by atoms with E-state index in [9.17, 15) is 4.39 Å². The van der Waals surface area contributed by atoms with Crippen LogP contribution in [0.3, 0.4) is 0 Å². The van der Waals surface area contributed by atoms with Crippen molar-refractivity contribution in [2.45, 2.75) is 37.4 Å². The van der Waals surface area contributed by atoms with E-state index < -0.39 is 0 Å². The number of hydrogen-bond acceptors (Lipinski definition) is 2. The summed E-state index contributed by atoms with van der Waals surface area (Å²) in [4.78, 5) is 2.50. The van der Waals surface area contributed by atoms with Crippen LogP contribution in [0.5, 0.6) is 0 Å². The summed E-state index contributed by atoms with van der Waals surface area (Å²) in [7, 11) is 0. The highest BCUT2D eigenvalue weighted by molar-refractivity contribution is 5.22. The summed E-state index contributed by atoms with van der Waals surface area (Å²) >= 11 is 0. The number of rotatable bonds is 2. The van der Waals surface area contributed by atoms with Crippen LogP contribution in [-0.2, 0) is 0 Å². The highest BCUT2D eigenvalue weighted by atomic mass is 19.1. The van der Waals surface area contributed by atoms with Crippen molar-refractivity contribution in [3.8, 4) is 0 Å². The third-order valence-electron chi connectivity index (χ3n) is 3.64. The molecule has 3 heteroatoms. The Balaban J connectivity index is 1.84. The molecule has 1 aromatic carbocycles. The molecule has 1 aliphatic heterocycles. The van der Waals surface area contributed by atoms with Gasteiger partial charge in [0.15, 0.2) is 0 Å². The SMILES string of the molecule is NC1CC(c2ccc(F)cc2)N(C2CC2)C1. The maximum atomic E-state index is 12.9. The molecular weight excluding hydrogens is 203 g/mol. The average molecular weight is 220 g/mol. The Kier molecular flexibility index (Phi) is 2.45. The fourth-order valence-corrected chi connectivity index (χ4v) is 2.72. The summed E-state index contributed by atoms with van der Waals surface area (Å²) < 4.78 is 12.9. The van der Waals surface area contributed by atoms with Gasteiger partial charge in [0.2, 0.25) is 0 Å². The van der Waals surface area contributed by atoms with E-state index in [0.717, 1.165) is 19.0 Å². The van der Waals surface area contributed by atoms with Crippen LogP contribution in [0.4, 0.5) is 4.39 Å². The largest absolute Gasteiger partial charge is 0.326 e. The summed E-state index contributed by atoms with van der Waals surface area (Å²) in [6.45, 7) is 0.993. The first kappa shape index (κ1) is 10.2. The zero-order valence-electron chi connectivity index (χ0n) is 9.27. The Bertz CT molecular complexity index is 372. The lowest BCUT2D eigenvalue weighted by molar-refractivity contribution is 0.245. The molecule has 0 spiro atoms. The summed E-state index contributed by atoms with van der Waals surface area (Å²) in [6.07, 6.45) is 3.59. The Hall–Kier alpha value is -0.930. The Morgan fingerprint density at radius 3 is 2.50 bits per heavy atom.